The third kappa shape index (κ3) is 43.3. The van der Waals surface area contributed by atoms with Crippen LogP contribution in [0.5, 0.6) is 0 Å². The van der Waals surface area contributed by atoms with Crippen LogP contribution in [0.15, 0.2) is 17.7 Å². The molecule has 0 heterocycles. The smallest absolute Gasteiger partial charge is 0.381 e. The predicted molar refractivity (Wildman–Crippen MR) is 75.6 cm³/mol. The van der Waals surface area contributed by atoms with E-state index in [1.807, 2.05) is 0 Å². The fourth-order valence-electron chi connectivity index (χ4n) is 0.515. The van der Waals surface area contributed by atoms with E-state index in [4.69, 9.17) is 29.7 Å². The van der Waals surface area contributed by atoms with Crippen LogP contribution in [0.2, 0.25) is 0 Å². The molecule has 1 rings (SSSR count). The number of aliphatic carboxylic acids is 3. The van der Waals surface area contributed by atoms with E-state index in [9.17, 15) is 0 Å². The van der Waals surface area contributed by atoms with E-state index in [0.29, 0.717) is 0 Å². The van der Waals surface area contributed by atoms with Crippen LogP contribution < -0.4 is 0 Å². The Bertz CT molecular complexity index is 478. The van der Waals surface area contributed by atoms with Crippen LogP contribution in [-0.4, -0.2) is 33.2 Å². The van der Waals surface area contributed by atoms with Crippen molar-refractivity contribution in [2.75, 3.05) is 0 Å². The molecule has 0 aliphatic heterocycles. The molecule has 22 heavy (non-hydrogen) atoms. The molecule has 1 aliphatic rings. The van der Waals surface area contributed by atoms with Crippen molar-refractivity contribution in [3.05, 3.63) is 23.8 Å². The molecular formula is C15H13O6Ti-. The molecule has 0 fully saturated rings. The van der Waals surface area contributed by atoms with Gasteiger partial charge in [-0.25, -0.2) is 26.0 Å². The molecule has 1 aliphatic carbocycles. The van der Waals surface area contributed by atoms with Gasteiger partial charge in [-0.1, -0.05) is 6.92 Å². The van der Waals surface area contributed by atoms with Crippen molar-refractivity contribution < 1.29 is 51.4 Å². The minimum Gasteiger partial charge on any atom is -0.472 e. The first-order valence-electron chi connectivity index (χ1n) is 5.03. The quantitative estimate of drug-likeness (QED) is 0.343. The van der Waals surface area contributed by atoms with E-state index < -0.39 is 17.9 Å². The average Bonchev–Trinajstić information content (AvgIpc) is 2.91. The molecule has 0 saturated heterocycles. The molecule has 0 bridgehead atoms. The van der Waals surface area contributed by atoms with Gasteiger partial charge >= 0.3 is 17.9 Å². The fraction of sp³-hybridized carbons (Fsp3) is 0.133. The first-order chi connectivity index (χ1) is 9.70. The van der Waals surface area contributed by atoms with Gasteiger partial charge in [-0.2, -0.15) is 6.08 Å². The van der Waals surface area contributed by atoms with E-state index >= 15 is 0 Å². The minimum absolute atomic E-state index is 0. The number of allylic oxidation sites excluding steroid dienone is 4. The SMILES string of the molecule is C#CC(=O)O.C#CC(=O)O.C#CC(=O)O.CC1=[C-]CC=C1.[Ti]. The Kier molecular flexibility index (Phi) is 25.8. The van der Waals surface area contributed by atoms with Crippen molar-refractivity contribution in [2.45, 2.75) is 13.3 Å². The molecule has 0 radical (unpaired) electrons. The predicted octanol–water partition coefficient (Wildman–Crippen LogP) is 0.806. The van der Waals surface area contributed by atoms with Gasteiger partial charge in [0, 0.05) is 39.5 Å². The largest absolute Gasteiger partial charge is 0.472 e. The first kappa shape index (κ1) is 27.6. The molecule has 0 aromatic carbocycles. The van der Waals surface area contributed by atoms with Crippen LogP contribution in [0.4, 0.5) is 0 Å². The van der Waals surface area contributed by atoms with Crippen molar-refractivity contribution in [1.29, 1.82) is 0 Å². The Morgan fingerprint density at radius 2 is 1.27 bits per heavy atom. The number of carboxylic acids is 3. The van der Waals surface area contributed by atoms with Gasteiger partial charge in [-0.3, -0.25) is 6.08 Å². The molecular weight excluding hydrogens is 324 g/mol. The van der Waals surface area contributed by atoms with Crippen LogP contribution in [-0.2, 0) is 36.1 Å². The maximum atomic E-state index is 9.13. The van der Waals surface area contributed by atoms with Crippen molar-refractivity contribution in [2.24, 2.45) is 0 Å². The summed E-state index contributed by atoms with van der Waals surface area (Å²) in [6.07, 6.45) is 21.3. The Morgan fingerprint density at radius 3 is 1.32 bits per heavy atom. The summed E-state index contributed by atoms with van der Waals surface area (Å²) >= 11 is 0. The number of carbonyl (C=O) groups is 3. The Labute approximate surface area is 143 Å². The molecule has 0 aromatic rings. The second-order valence-corrected chi connectivity index (χ2v) is 2.81. The summed E-state index contributed by atoms with van der Waals surface area (Å²) in [5.41, 5.74) is 1.27. The van der Waals surface area contributed by atoms with Gasteiger partial charge in [0.25, 0.3) is 0 Å². The standard InChI is InChI=1S/C6H7.3C3H2O2.Ti/c1-6-4-2-3-5-6;3*1-2-3(4)5;/h2,4H,3H2,1H3;3*1H,(H,4,5);/q-1;;;;. The topological polar surface area (TPSA) is 112 Å². The number of terminal acetylenes is 3. The van der Waals surface area contributed by atoms with Gasteiger partial charge in [0.2, 0.25) is 0 Å². The van der Waals surface area contributed by atoms with Crippen LogP contribution >= 0.6 is 0 Å². The molecule has 0 saturated carbocycles. The average molecular weight is 337 g/mol. The van der Waals surface area contributed by atoms with E-state index in [-0.39, 0.29) is 21.7 Å². The number of carboxylic acid groups (broad SMARTS) is 3. The summed E-state index contributed by atoms with van der Waals surface area (Å²) in [6, 6.07) is 0. The zero-order valence-electron chi connectivity index (χ0n) is 11.7. The van der Waals surface area contributed by atoms with Gasteiger partial charge in [0.05, 0.1) is 0 Å². The summed E-state index contributed by atoms with van der Waals surface area (Å²) in [4.78, 5) is 27.4. The molecule has 0 unspecified atom stereocenters. The number of rotatable bonds is 0. The summed E-state index contributed by atoms with van der Waals surface area (Å²) in [7, 11) is 0. The number of hydrogen-bond acceptors (Lipinski definition) is 3. The van der Waals surface area contributed by atoms with Crippen LogP contribution in [0, 0.1) is 43.1 Å². The fourth-order valence-corrected chi connectivity index (χ4v) is 0.515. The van der Waals surface area contributed by atoms with Crippen molar-refractivity contribution in [3.63, 3.8) is 0 Å². The van der Waals surface area contributed by atoms with E-state index in [1.54, 1.807) is 0 Å². The van der Waals surface area contributed by atoms with E-state index in [0.717, 1.165) is 6.42 Å². The van der Waals surface area contributed by atoms with Crippen LogP contribution in [0.3, 0.4) is 0 Å². The molecule has 0 spiro atoms. The Balaban J connectivity index is -0.0000000973. The Morgan fingerprint density at radius 1 is 1.00 bits per heavy atom. The van der Waals surface area contributed by atoms with Crippen molar-refractivity contribution in [3.8, 4) is 37.0 Å². The zero-order valence-corrected chi connectivity index (χ0v) is 13.2. The zero-order chi connectivity index (χ0) is 17.3. The third-order valence-corrected chi connectivity index (χ3v) is 1.24. The second-order valence-electron chi connectivity index (χ2n) is 2.81. The molecule has 0 aromatic heterocycles. The van der Waals surface area contributed by atoms with Gasteiger partial charge in [0.15, 0.2) is 0 Å². The maximum absolute atomic E-state index is 9.13. The summed E-state index contributed by atoms with van der Waals surface area (Å²) in [5.74, 6) is 0.681. The summed E-state index contributed by atoms with van der Waals surface area (Å²) in [5, 5.41) is 22.5. The summed E-state index contributed by atoms with van der Waals surface area (Å²) < 4.78 is 0. The van der Waals surface area contributed by atoms with Gasteiger partial charge in [0.1, 0.15) is 0 Å². The molecule has 114 valence electrons. The van der Waals surface area contributed by atoms with E-state index in [1.165, 1.54) is 23.3 Å². The minimum atomic E-state index is -1.22. The van der Waals surface area contributed by atoms with Crippen LogP contribution in [0.1, 0.15) is 13.3 Å². The molecule has 6 nitrogen and oxygen atoms in total. The first-order valence-corrected chi connectivity index (χ1v) is 5.03. The molecule has 3 N–H and O–H groups in total. The van der Waals surface area contributed by atoms with E-state index in [2.05, 4.69) is 44.4 Å². The van der Waals surface area contributed by atoms with Crippen molar-refractivity contribution >= 4 is 17.9 Å². The number of hydrogen-bond donors (Lipinski definition) is 3. The monoisotopic (exact) mass is 337 g/mol. The summed E-state index contributed by atoms with van der Waals surface area (Å²) in [6.45, 7) is 2.06. The van der Waals surface area contributed by atoms with Gasteiger partial charge in [-0.15, -0.1) is 25.7 Å². The van der Waals surface area contributed by atoms with Crippen molar-refractivity contribution in [1.82, 2.24) is 0 Å². The van der Waals surface area contributed by atoms with Gasteiger partial charge in [-0.05, 0) is 0 Å². The maximum Gasteiger partial charge on any atom is 0.381 e. The molecule has 0 atom stereocenters. The van der Waals surface area contributed by atoms with Gasteiger partial charge < -0.3 is 15.3 Å². The molecule has 7 heteroatoms. The normalized spacial score (nSPS) is 8.73. The Hall–Kier alpha value is -2.72. The van der Waals surface area contributed by atoms with Crippen LogP contribution in [0.25, 0.3) is 0 Å². The third-order valence-electron chi connectivity index (χ3n) is 1.24. The second kappa shape index (κ2) is 20.6. The molecule has 0 amide bonds.